The van der Waals surface area contributed by atoms with Crippen molar-refractivity contribution in [3.63, 3.8) is 0 Å². The normalized spacial score (nSPS) is 10.8. The molecule has 5 nitrogen and oxygen atoms in total. The van der Waals surface area contributed by atoms with Crippen LogP contribution in [0.25, 0.3) is 0 Å². The highest BCUT2D eigenvalue weighted by Gasteiger charge is 2.12. The Hall–Kier alpha value is -1.82. The molecule has 1 aromatic carbocycles. The van der Waals surface area contributed by atoms with Crippen LogP contribution in [-0.2, 0) is 6.42 Å². The van der Waals surface area contributed by atoms with Gasteiger partial charge in [0.05, 0.1) is 0 Å². The van der Waals surface area contributed by atoms with Crippen LogP contribution in [0.4, 0.5) is 0 Å². The maximum Gasteiger partial charge on any atom is 0.341 e. The summed E-state index contributed by atoms with van der Waals surface area (Å²) in [6.07, 6.45) is 3.43. The zero-order chi connectivity index (χ0) is 14.4. The number of nitrogens with zero attached hydrogens (tertiary/aromatic N) is 1. The van der Waals surface area contributed by atoms with Crippen LogP contribution in [0.3, 0.4) is 0 Å². The molecule has 1 atom stereocenters. The molecule has 7 heteroatoms. The first-order chi connectivity index (χ1) is 9.66. The first-order valence-electron chi connectivity index (χ1n) is 6.26. The van der Waals surface area contributed by atoms with E-state index in [1.165, 1.54) is 18.5 Å². The molecule has 1 heterocycles. The second kappa shape index (κ2) is 10.00. The number of pyridine rings is 1. The molecule has 0 radical (unpaired) electrons. The van der Waals surface area contributed by atoms with Crippen molar-refractivity contribution in [1.82, 2.24) is 4.98 Å². The Labute approximate surface area is 141 Å². The van der Waals surface area contributed by atoms with Crippen LogP contribution < -0.4 is 10.5 Å². The van der Waals surface area contributed by atoms with Crippen molar-refractivity contribution in [2.75, 3.05) is 6.61 Å². The number of carboxylic acid groups (broad SMARTS) is 1. The summed E-state index contributed by atoms with van der Waals surface area (Å²) >= 11 is 0. The van der Waals surface area contributed by atoms with Crippen LogP contribution in [0.5, 0.6) is 5.75 Å². The van der Waals surface area contributed by atoms with Gasteiger partial charge < -0.3 is 15.6 Å². The van der Waals surface area contributed by atoms with E-state index in [1.807, 2.05) is 30.3 Å². The lowest BCUT2D eigenvalue weighted by atomic mass is 10.1. The smallest absolute Gasteiger partial charge is 0.341 e. The van der Waals surface area contributed by atoms with Crippen molar-refractivity contribution in [3.8, 4) is 5.75 Å². The number of carbonyl (C=O) groups is 1. The Balaban J connectivity index is 0.00000220. The SMILES string of the molecule is Cl.Cl.NC(COc1ccncc1C(=O)O)Cc1ccccc1. The van der Waals surface area contributed by atoms with Gasteiger partial charge in [-0.15, -0.1) is 24.8 Å². The van der Waals surface area contributed by atoms with Crippen molar-refractivity contribution in [2.24, 2.45) is 5.73 Å². The average molecular weight is 345 g/mol. The van der Waals surface area contributed by atoms with Crippen molar-refractivity contribution in [2.45, 2.75) is 12.5 Å². The summed E-state index contributed by atoms with van der Waals surface area (Å²) in [5.41, 5.74) is 7.15. The number of hydrogen-bond donors (Lipinski definition) is 2. The average Bonchev–Trinajstić information content (AvgIpc) is 2.46. The van der Waals surface area contributed by atoms with E-state index in [0.29, 0.717) is 6.42 Å². The molecule has 0 bridgehead atoms. The van der Waals surface area contributed by atoms with Crippen LogP contribution in [0.2, 0.25) is 0 Å². The van der Waals surface area contributed by atoms with Crippen LogP contribution in [0.15, 0.2) is 48.8 Å². The predicted molar refractivity (Wildman–Crippen MR) is 89.3 cm³/mol. The third-order valence-electron chi connectivity index (χ3n) is 2.81. The molecule has 0 aliphatic heterocycles. The lowest BCUT2D eigenvalue weighted by molar-refractivity contribution is 0.0691. The molecule has 2 aromatic rings. The number of rotatable bonds is 6. The standard InChI is InChI=1S/C15H16N2O3.2ClH/c16-12(8-11-4-2-1-3-5-11)10-20-14-6-7-17-9-13(14)15(18)19;;/h1-7,9,12H,8,10,16H2,(H,18,19);2*1H. The van der Waals surface area contributed by atoms with Crippen LogP contribution in [0, 0.1) is 0 Å². The third kappa shape index (κ3) is 5.89. The number of aromatic carboxylic acids is 1. The van der Waals surface area contributed by atoms with E-state index < -0.39 is 5.97 Å². The summed E-state index contributed by atoms with van der Waals surface area (Å²) in [6, 6.07) is 11.2. The summed E-state index contributed by atoms with van der Waals surface area (Å²) < 4.78 is 5.49. The first kappa shape index (κ1) is 20.2. The summed E-state index contributed by atoms with van der Waals surface area (Å²) in [6.45, 7) is 0.249. The first-order valence-corrected chi connectivity index (χ1v) is 6.26. The van der Waals surface area contributed by atoms with E-state index in [1.54, 1.807) is 0 Å². The van der Waals surface area contributed by atoms with Crippen molar-refractivity contribution in [3.05, 3.63) is 59.9 Å². The molecule has 0 aliphatic rings. The van der Waals surface area contributed by atoms with E-state index >= 15 is 0 Å². The summed E-state index contributed by atoms with van der Waals surface area (Å²) in [4.78, 5) is 14.8. The molecule has 1 unspecified atom stereocenters. The molecule has 0 saturated carbocycles. The van der Waals surface area contributed by atoms with Gasteiger partial charge in [0.15, 0.2) is 0 Å². The van der Waals surface area contributed by atoms with Gasteiger partial charge in [0.25, 0.3) is 0 Å². The zero-order valence-electron chi connectivity index (χ0n) is 11.7. The largest absolute Gasteiger partial charge is 0.491 e. The molecule has 22 heavy (non-hydrogen) atoms. The van der Waals surface area contributed by atoms with Crippen molar-refractivity contribution >= 4 is 30.8 Å². The number of aromatic nitrogens is 1. The van der Waals surface area contributed by atoms with Gasteiger partial charge >= 0.3 is 5.97 Å². The molecule has 3 N–H and O–H groups in total. The number of ether oxygens (including phenoxy) is 1. The molecule has 0 aliphatic carbocycles. The molecular weight excluding hydrogens is 327 g/mol. The van der Waals surface area contributed by atoms with Gasteiger partial charge in [-0.1, -0.05) is 30.3 Å². The molecule has 0 fully saturated rings. The van der Waals surface area contributed by atoms with E-state index in [0.717, 1.165) is 5.56 Å². The minimum Gasteiger partial charge on any atom is -0.491 e. The van der Waals surface area contributed by atoms with Gasteiger partial charge in [0.2, 0.25) is 0 Å². The lowest BCUT2D eigenvalue weighted by Gasteiger charge is -2.14. The second-order valence-electron chi connectivity index (χ2n) is 4.44. The highest BCUT2D eigenvalue weighted by molar-refractivity contribution is 5.90. The number of benzene rings is 1. The summed E-state index contributed by atoms with van der Waals surface area (Å²) in [5, 5.41) is 9.01. The highest BCUT2D eigenvalue weighted by Crippen LogP contribution is 2.16. The van der Waals surface area contributed by atoms with Crippen LogP contribution in [-0.4, -0.2) is 28.7 Å². The molecule has 0 saturated heterocycles. The van der Waals surface area contributed by atoms with Gasteiger partial charge in [-0.3, -0.25) is 4.98 Å². The summed E-state index contributed by atoms with van der Waals surface area (Å²) in [7, 11) is 0. The number of halogens is 2. The van der Waals surface area contributed by atoms with Gasteiger partial charge in [0, 0.05) is 18.4 Å². The van der Waals surface area contributed by atoms with E-state index in [-0.39, 0.29) is 48.8 Å². The van der Waals surface area contributed by atoms with Gasteiger partial charge in [-0.2, -0.15) is 0 Å². The molecule has 0 amide bonds. The predicted octanol–water partition coefficient (Wildman–Crippen LogP) is 2.57. The second-order valence-corrected chi connectivity index (χ2v) is 4.44. The topological polar surface area (TPSA) is 85.4 Å². The summed E-state index contributed by atoms with van der Waals surface area (Å²) in [5.74, 6) is -0.777. The minimum absolute atomic E-state index is 0. The Morgan fingerprint density at radius 3 is 2.55 bits per heavy atom. The fourth-order valence-electron chi connectivity index (χ4n) is 1.84. The van der Waals surface area contributed by atoms with Crippen molar-refractivity contribution in [1.29, 1.82) is 0 Å². The fraction of sp³-hybridized carbons (Fsp3) is 0.200. The number of hydrogen-bond acceptors (Lipinski definition) is 4. The fourth-order valence-corrected chi connectivity index (χ4v) is 1.84. The number of carboxylic acids is 1. The van der Waals surface area contributed by atoms with E-state index in [4.69, 9.17) is 15.6 Å². The minimum atomic E-state index is -1.07. The molecule has 120 valence electrons. The Morgan fingerprint density at radius 2 is 1.91 bits per heavy atom. The Morgan fingerprint density at radius 1 is 1.23 bits per heavy atom. The van der Waals surface area contributed by atoms with Gasteiger partial charge in [-0.05, 0) is 18.1 Å². The molecule has 0 spiro atoms. The molecule has 2 rings (SSSR count). The monoisotopic (exact) mass is 344 g/mol. The van der Waals surface area contributed by atoms with E-state index in [2.05, 4.69) is 4.98 Å². The maximum absolute atomic E-state index is 11.0. The van der Waals surface area contributed by atoms with Gasteiger partial charge in [-0.25, -0.2) is 4.79 Å². The maximum atomic E-state index is 11.0. The highest BCUT2D eigenvalue weighted by atomic mass is 35.5. The molecule has 1 aromatic heterocycles. The lowest BCUT2D eigenvalue weighted by Crippen LogP contribution is -2.30. The number of nitrogens with two attached hydrogens (primary N) is 1. The van der Waals surface area contributed by atoms with E-state index in [9.17, 15) is 4.79 Å². The Kier molecular flexibility index (Phi) is 9.17. The van der Waals surface area contributed by atoms with Crippen LogP contribution in [0.1, 0.15) is 15.9 Å². The zero-order valence-corrected chi connectivity index (χ0v) is 13.3. The third-order valence-corrected chi connectivity index (χ3v) is 2.81. The van der Waals surface area contributed by atoms with Crippen LogP contribution >= 0.6 is 24.8 Å². The van der Waals surface area contributed by atoms with Crippen molar-refractivity contribution < 1.29 is 14.6 Å². The Bertz CT molecular complexity index is 582. The molecular formula is C15H18Cl2N2O3. The quantitative estimate of drug-likeness (QED) is 0.840. The van der Waals surface area contributed by atoms with Gasteiger partial charge in [0.1, 0.15) is 17.9 Å².